The Morgan fingerprint density at radius 1 is 1.04 bits per heavy atom. The average Bonchev–Trinajstić information content (AvgIpc) is 2.61. The SMILES string of the molecule is O=C(Cc1c(Br)c(O)cc(O)c1-c1ccccc1)N1CCCCC1. The van der Waals surface area contributed by atoms with E-state index < -0.39 is 0 Å². The topological polar surface area (TPSA) is 60.8 Å². The lowest BCUT2D eigenvalue weighted by molar-refractivity contribution is -0.131. The molecule has 2 N–H and O–H groups in total. The number of carbonyl (C=O) groups is 1. The van der Waals surface area contributed by atoms with E-state index in [2.05, 4.69) is 15.9 Å². The predicted octanol–water partition coefficient (Wildman–Crippen LogP) is 4.08. The summed E-state index contributed by atoms with van der Waals surface area (Å²) in [5.41, 5.74) is 2.03. The molecular weight excluding hydrogens is 370 g/mol. The summed E-state index contributed by atoms with van der Waals surface area (Å²) >= 11 is 3.38. The minimum Gasteiger partial charge on any atom is -0.507 e. The quantitative estimate of drug-likeness (QED) is 0.830. The Morgan fingerprint density at radius 3 is 2.38 bits per heavy atom. The molecule has 1 aliphatic rings. The van der Waals surface area contributed by atoms with Crippen molar-refractivity contribution in [1.82, 2.24) is 4.90 Å². The molecule has 0 spiro atoms. The molecule has 4 nitrogen and oxygen atoms in total. The Morgan fingerprint density at radius 2 is 1.71 bits per heavy atom. The number of likely N-dealkylation sites (tertiary alicyclic amines) is 1. The van der Waals surface area contributed by atoms with E-state index in [0.717, 1.165) is 37.9 Å². The zero-order chi connectivity index (χ0) is 17.1. The van der Waals surface area contributed by atoms with E-state index in [9.17, 15) is 15.0 Å². The summed E-state index contributed by atoms with van der Waals surface area (Å²) in [7, 11) is 0. The van der Waals surface area contributed by atoms with E-state index in [0.29, 0.717) is 15.6 Å². The highest BCUT2D eigenvalue weighted by atomic mass is 79.9. The number of nitrogens with zero attached hydrogens (tertiary/aromatic N) is 1. The molecule has 0 atom stereocenters. The van der Waals surface area contributed by atoms with Crippen molar-refractivity contribution >= 4 is 21.8 Å². The molecule has 0 unspecified atom stereocenters. The fraction of sp³-hybridized carbons (Fsp3) is 0.316. The van der Waals surface area contributed by atoms with Crippen LogP contribution in [0.2, 0.25) is 0 Å². The zero-order valence-electron chi connectivity index (χ0n) is 13.3. The third kappa shape index (κ3) is 3.41. The number of benzene rings is 2. The van der Waals surface area contributed by atoms with Crippen LogP contribution in [-0.2, 0) is 11.2 Å². The van der Waals surface area contributed by atoms with Crippen molar-refractivity contribution in [3.63, 3.8) is 0 Å². The first kappa shape index (κ1) is 16.8. The molecule has 0 aromatic heterocycles. The molecular formula is C19H20BrNO3. The van der Waals surface area contributed by atoms with E-state index >= 15 is 0 Å². The molecule has 0 saturated carbocycles. The molecule has 3 rings (SSSR count). The lowest BCUT2D eigenvalue weighted by Crippen LogP contribution is -2.36. The van der Waals surface area contributed by atoms with Crippen molar-refractivity contribution in [3.05, 3.63) is 46.4 Å². The van der Waals surface area contributed by atoms with Crippen LogP contribution in [0.1, 0.15) is 24.8 Å². The third-order valence-corrected chi connectivity index (χ3v) is 5.31. The maximum atomic E-state index is 12.7. The number of hydrogen-bond donors (Lipinski definition) is 2. The predicted molar refractivity (Wildman–Crippen MR) is 97.0 cm³/mol. The lowest BCUT2D eigenvalue weighted by Gasteiger charge is -2.27. The maximum Gasteiger partial charge on any atom is 0.227 e. The Balaban J connectivity index is 2.00. The van der Waals surface area contributed by atoms with Crippen molar-refractivity contribution in [2.75, 3.05) is 13.1 Å². The number of aromatic hydroxyl groups is 2. The molecule has 1 aliphatic heterocycles. The van der Waals surface area contributed by atoms with Gasteiger partial charge in [0.15, 0.2) is 0 Å². The molecule has 0 aliphatic carbocycles. The molecule has 0 bridgehead atoms. The lowest BCUT2D eigenvalue weighted by atomic mass is 9.95. The summed E-state index contributed by atoms with van der Waals surface area (Å²) in [6.45, 7) is 1.56. The third-order valence-electron chi connectivity index (χ3n) is 4.42. The first-order chi connectivity index (χ1) is 11.6. The molecule has 1 saturated heterocycles. The van der Waals surface area contributed by atoms with Crippen LogP contribution in [0.25, 0.3) is 11.1 Å². The molecule has 24 heavy (non-hydrogen) atoms. The van der Waals surface area contributed by atoms with Crippen LogP contribution in [0.15, 0.2) is 40.9 Å². The van der Waals surface area contributed by atoms with Crippen LogP contribution in [0.4, 0.5) is 0 Å². The molecule has 5 heteroatoms. The summed E-state index contributed by atoms with van der Waals surface area (Å²) in [6, 6.07) is 10.7. The summed E-state index contributed by atoms with van der Waals surface area (Å²) in [5.74, 6) is -0.0606. The van der Waals surface area contributed by atoms with Crippen LogP contribution in [0.5, 0.6) is 11.5 Å². The summed E-state index contributed by atoms with van der Waals surface area (Å²) in [5, 5.41) is 20.4. The number of phenolic OH excluding ortho intramolecular Hbond substituents is 2. The average molecular weight is 390 g/mol. The minimum absolute atomic E-state index is 0.0247. The second-order valence-electron chi connectivity index (χ2n) is 6.07. The van der Waals surface area contributed by atoms with Crippen LogP contribution < -0.4 is 0 Å². The fourth-order valence-corrected chi connectivity index (χ4v) is 3.64. The van der Waals surface area contributed by atoms with Gasteiger partial charge in [0.1, 0.15) is 11.5 Å². The molecule has 1 fully saturated rings. The van der Waals surface area contributed by atoms with E-state index in [1.807, 2.05) is 35.2 Å². The monoisotopic (exact) mass is 389 g/mol. The number of halogens is 1. The molecule has 0 radical (unpaired) electrons. The van der Waals surface area contributed by atoms with Crippen molar-refractivity contribution < 1.29 is 15.0 Å². The van der Waals surface area contributed by atoms with Gasteiger partial charge >= 0.3 is 0 Å². The van der Waals surface area contributed by atoms with Gasteiger partial charge in [-0.25, -0.2) is 0 Å². The normalized spacial score (nSPS) is 14.6. The van der Waals surface area contributed by atoms with Gasteiger partial charge in [-0.2, -0.15) is 0 Å². The van der Waals surface area contributed by atoms with Gasteiger partial charge in [0.05, 0.1) is 10.9 Å². The largest absolute Gasteiger partial charge is 0.507 e. The number of piperidine rings is 1. The Bertz CT molecular complexity index is 740. The molecule has 2 aromatic rings. The second kappa shape index (κ2) is 7.26. The molecule has 1 heterocycles. The summed E-state index contributed by atoms with van der Waals surface area (Å²) < 4.78 is 0.463. The molecule has 2 aromatic carbocycles. The Kier molecular flexibility index (Phi) is 5.09. The van der Waals surface area contributed by atoms with Gasteiger partial charge in [-0.1, -0.05) is 30.3 Å². The number of carbonyl (C=O) groups excluding carboxylic acids is 1. The number of amides is 1. The van der Waals surface area contributed by atoms with Gasteiger partial charge in [0.25, 0.3) is 0 Å². The van der Waals surface area contributed by atoms with E-state index in [-0.39, 0.29) is 23.8 Å². The highest BCUT2D eigenvalue weighted by Crippen LogP contribution is 2.42. The Hall–Kier alpha value is -2.01. The zero-order valence-corrected chi connectivity index (χ0v) is 14.9. The van der Waals surface area contributed by atoms with Gasteiger partial charge in [0, 0.05) is 24.7 Å². The van der Waals surface area contributed by atoms with E-state index in [1.54, 1.807) is 0 Å². The van der Waals surface area contributed by atoms with Gasteiger partial charge < -0.3 is 15.1 Å². The standard InChI is InChI=1S/C19H20BrNO3/c20-19-14(11-17(24)21-9-5-2-6-10-21)18(15(22)12-16(19)23)13-7-3-1-4-8-13/h1,3-4,7-8,12,22-23H,2,5-6,9-11H2. The highest BCUT2D eigenvalue weighted by Gasteiger charge is 2.23. The first-order valence-electron chi connectivity index (χ1n) is 8.14. The van der Waals surface area contributed by atoms with Crippen molar-refractivity contribution in [1.29, 1.82) is 0 Å². The van der Waals surface area contributed by atoms with Crippen LogP contribution in [0, 0.1) is 0 Å². The number of phenols is 2. The smallest absolute Gasteiger partial charge is 0.227 e. The van der Waals surface area contributed by atoms with E-state index in [1.165, 1.54) is 6.07 Å². The van der Waals surface area contributed by atoms with Crippen molar-refractivity contribution in [2.24, 2.45) is 0 Å². The van der Waals surface area contributed by atoms with Gasteiger partial charge in [-0.15, -0.1) is 0 Å². The number of rotatable bonds is 3. The van der Waals surface area contributed by atoms with Gasteiger partial charge in [-0.05, 0) is 46.3 Å². The van der Waals surface area contributed by atoms with E-state index in [4.69, 9.17) is 0 Å². The van der Waals surface area contributed by atoms with Gasteiger partial charge in [-0.3, -0.25) is 4.79 Å². The Labute approximate surface area is 149 Å². The number of hydrogen-bond acceptors (Lipinski definition) is 3. The fourth-order valence-electron chi connectivity index (χ4n) is 3.18. The highest BCUT2D eigenvalue weighted by molar-refractivity contribution is 9.10. The molecule has 126 valence electrons. The summed E-state index contributed by atoms with van der Waals surface area (Å²) in [6.07, 6.45) is 3.37. The van der Waals surface area contributed by atoms with Crippen LogP contribution >= 0.6 is 15.9 Å². The second-order valence-corrected chi connectivity index (χ2v) is 6.86. The van der Waals surface area contributed by atoms with Gasteiger partial charge in [0.2, 0.25) is 5.91 Å². The summed E-state index contributed by atoms with van der Waals surface area (Å²) in [4.78, 5) is 14.5. The minimum atomic E-state index is -0.0615. The van der Waals surface area contributed by atoms with Crippen molar-refractivity contribution in [3.8, 4) is 22.6 Å². The van der Waals surface area contributed by atoms with Crippen LogP contribution in [-0.4, -0.2) is 34.1 Å². The maximum absolute atomic E-state index is 12.7. The van der Waals surface area contributed by atoms with Crippen molar-refractivity contribution in [2.45, 2.75) is 25.7 Å². The van der Waals surface area contributed by atoms with Crippen LogP contribution in [0.3, 0.4) is 0 Å². The molecule has 1 amide bonds. The first-order valence-corrected chi connectivity index (χ1v) is 8.93.